The zero-order valence-corrected chi connectivity index (χ0v) is 15.8. The van der Waals surface area contributed by atoms with Crippen molar-refractivity contribution in [1.29, 1.82) is 0 Å². The monoisotopic (exact) mass is 374 g/mol. The molecule has 0 spiro atoms. The first-order valence-corrected chi connectivity index (χ1v) is 9.50. The van der Waals surface area contributed by atoms with Gasteiger partial charge in [-0.3, -0.25) is 9.59 Å². The fraction of sp³-hybridized carbons (Fsp3) is 0.0909. The van der Waals surface area contributed by atoms with Crippen LogP contribution in [0.15, 0.2) is 71.7 Å². The van der Waals surface area contributed by atoms with Crippen molar-refractivity contribution in [3.63, 3.8) is 0 Å². The van der Waals surface area contributed by atoms with E-state index in [0.29, 0.717) is 17.0 Å². The number of anilines is 2. The number of benzene rings is 2. The van der Waals surface area contributed by atoms with Crippen LogP contribution in [-0.4, -0.2) is 11.8 Å². The van der Waals surface area contributed by atoms with E-state index in [0.717, 1.165) is 21.7 Å². The summed E-state index contributed by atoms with van der Waals surface area (Å²) in [6.07, 6.45) is 0. The molecule has 4 rings (SSSR count). The van der Waals surface area contributed by atoms with Gasteiger partial charge in [0.1, 0.15) is 5.70 Å². The molecule has 4 nitrogen and oxygen atoms in total. The lowest BCUT2D eigenvalue weighted by molar-refractivity contribution is -0.120. The van der Waals surface area contributed by atoms with Crippen molar-refractivity contribution in [2.75, 3.05) is 10.2 Å². The van der Waals surface area contributed by atoms with Gasteiger partial charge in [0, 0.05) is 10.6 Å². The molecular weight excluding hydrogens is 356 g/mol. The highest BCUT2D eigenvalue weighted by Gasteiger charge is 2.40. The summed E-state index contributed by atoms with van der Waals surface area (Å²) in [6.45, 7) is 3.94. The first-order valence-electron chi connectivity index (χ1n) is 8.62. The molecule has 27 heavy (non-hydrogen) atoms. The molecule has 0 saturated heterocycles. The van der Waals surface area contributed by atoms with Gasteiger partial charge in [-0.25, -0.2) is 4.90 Å². The number of carbonyl (C=O) groups excluding carboxylic acids is 2. The maximum atomic E-state index is 13.2. The van der Waals surface area contributed by atoms with E-state index in [1.807, 2.05) is 67.8 Å². The molecule has 0 bridgehead atoms. The van der Waals surface area contributed by atoms with Crippen LogP contribution in [0.25, 0.3) is 5.57 Å². The minimum absolute atomic E-state index is 0.303. The first kappa shape index (κ1) is 17.2. The second-order valence-corrected chi connectivity index (χ2v) is 7.40. The number of nitrogens with one attached hydrogen (secondary N) is 1. The molecule has 0 radical (unpaired) electrons. The van der Waals surface area contributed by atoms with Crippen LogP contribution in [0.3, 0.4) is 0 Å². The minimum atomic E-state index is -0.337. The van der Waals surface area contributed by atoms with Crippen LogP contribution in [0, 0.1) is 13.8 Å². The fourth-order valence-corrected chi connectivity index (χ4v) is 3.84. The average molecular weight is 374 g/mol. The van der Waals surface area contributed by atoms with Crippen LogP contribution in [0.1, 0.15) is 16.0 Å². The summed E-state index contributed by atoms with van der Waals surface area (Å²) in [5.74, 6) is -0.641. The Morgan fingerprint density at radius 2 is 1.59 bits per heavy atom. The third-order valence-electron chi connectivity index (χ3n) is 4.55. The predicted molar refractivity (Wildman–Crippen MR) is 110 cm³/mol. The van der Waals surface area contributed by atoms with Gasteiger partial charge in [-0.2, -0.15) is 0 Å². The Morgan fingerprint density at radius 1 is 0.852 bits per heavy atom. The second kappa shape index (κ2) is 6.85. The van der Waals surface area contributed by atoms with Gasteiger partial charge in [-0.15, -0.1) is 11.3 Å². The average Bonchev–Trinajstić information content (AvgIpc) is 3.25. The van der Waals surface area contributed by atoms with Crippen LogP contribution in [0.2, 0.25) is 0 Å². The number of aryl methyl sites for hydroxylation is 2. The van der Waals surface area contributed by atoms with Crippen molar-refractivity contribution in [2.45, 2.75) is 13.8 Å². The number of thiophene rings is 1. The summed E-state index contributed by atoms with van der Waals surface area (Å²) in [5, 5.41) is 5.12. The molecule has 0 fully saturated rings. The van der Waals surface area contributed by atoms with Gasteiger partial charge in [0.15, 0.2) is 0 Å². The Bertz CT molecular complexity index is 1050. The molecule has 0 unspecified atom stereocenters. The zero-order valence-electron chi connectivity index (χ0n) is 15.0. The normalized spacial score (nSPS) is 14.2. The van der Waals surface area contributed by atoms with Crippen molar-refractivity contribution in [3.05, 3.63) is 87.7 Å². The molecule has 1 aliphatic heterocycles. The number of hydrogen-bond acceptors (Lipinski definition) is 4. The molecule has 134 valence electrons. The fourth-order valence-electron chi connectivity index (χ4n) is 3.07. The lowest BCUT2D eigenvalue weighted by Gasteiger charge is -2.16. The van der Waals surface area contributed by atoms with Crippen LogP contribution in [0.4, 0.5) is 11.4 Å². The molecule has 2 amide bonds. The summed E-state index contributed by atoms with van der Waals surface area (Å²) in [5.41, 5.74) is 4.20. The van der Waals surface area contributed by atoms with E-state index in [2.05, 4.69) is 5.32 Å². The van der Waals surface area contributed by atoms with E-state index in [1.165, 1.54) is 16.2 Å². The summed E-state index contributed by atoms with van der Waals surface area (Å²) in [4.78, 5) is 28.4. The number of hydrogen-bond donors (Lipinski definition) is 1. The Balaban J connectivity index is 1.81. The van der Waals surface area contributed by atoms with Crippen molar-refractivity contribution < 1.29 is 9.59 Å². The van der Waals surface area contributed by atoms with Gasteiger partial charge in [0.05, 0.1) is 11.3 Å². The number of para-hydroxylation sites is 1. The quantitative estimate of drug-likeness (QED) is 0.670. The number of rotatable bonds is 4. The molecule has 0 aliphatic carbocycles. The van der Waals surface area contributed by atoms with Crippen molar-refractivity contribution in [1.82, 2.24) is 0 Å². The number of carbonyl (C=O) groups is 2. The maximum Gasteiger partial charge on any atom is 0.282 e. The molecular formula is C22H18N2O2S. The number of amides is 2. The van der Waals surface area contributed by atoms with Crippen LogP contribution < -0.4 is 10.2 Å². The van der Waals surface area contributed by atoms with Gasteiger partial charge >= 0.3 is 0 Å². The van der Waals surface area contributed by atoms with Crippen molar-refractivity contribution >= 4 is 40.1 Å². The third-order valence-corrected chi connectivity index (χ3v) is 5.44. The van der Waals surface area contributed by atoms with Gasteiger partial charge in [0.2, 0.25) is 0 Å². The highest BCUT2D eigenvalue weighted by atomic mass is 32.1. The summed E-state index contributed by atoms with van der Waals surface area (Å²) < 4.78 is 0. The predicted octanol–water partition coefficient (Wildman–Crippen LogP) is 4.76. The van der Waals surface area contributed by atoms with E-state index in [9.17, 15) is 9.59 Å². The smallest absolute Gasteiger partial charge is 0.282 e. The minimum Gasteiger partial charge on any atom is -0.350 e. The molecule has 1 aliphatic rings. The maximum absolute atomic E-state index is 13.2. The van der Waals surface area contributed by atoms with Crippen LogP contribution in [0.5, 0.6) is 0 Å². The Hall–Kier alpha value is -3.18. The summed E-state index contributed by atoms with van der Waals surface area (Å²) in [6, 6.07) is 18.8. The highest BCUT2D eigenvalue weighted by molar-refractivity contribution is 7.11. The van der Waals surface area contributed by atoms with Crippen LogP contribution >= 0.6 is 11.3 Å². The molecule has 1 aromatic heterocycles. The summed E-state index contributed by atoms with van der Waals surface area (Å²) >= 11 is 1.45. The van der Waals surface area contributed by atoms with E-state index < -0.39 is 0 Å². The van der Waals surface area contributed by atoms with Gasteiger partial charge in [0.25, 0.3) is 11.8 Å². The van der Waals surface area contributed by atoms with Crippen molar-refractivity contribution in [3.8, 4) is 0 Å². The lowest BCUT2D eigenvalue weighted by Crippen LogP contribution is -2.32. The largest absolute Gasteiger partial charge is 0.350 e. The highest BCUT2D eigenvalue weighted by Crippen LogP contribution is 2.35. The van der Waals surface area contributed by atoms with Crippen molar-refractivity contribution in [2.24, 2.45) is 0 Å². The second-order valence-electron chi connectivity index (χ2n) is 6.45. The topological polar surface area (TPSA) is 49.4 Å². The van der Waals surface area contributed by atoms with Gasteiger partial charge in [-0.05, 0) is 49.1 Å². The first-order chi connectivity index (χ1) is 13.1. The Morgan fingerprint density at radius 3 is 2.26 bits per heavy atom. The zero-order chi connectivity index (χ0) is 19.0. The molecule has 1 N–H and O–H groups in total. The van der Waals surface area contributed by atoms with E-state index in [4.69, 9.17) is 0 Å². The molecule has 3 aromatic rings. The molecule has 0 saturated carbocycles. The molecule has 5 heteroatoms. The van der Waals surface area contributed by atoms with E-state index in [1.54, 1.807) is 12.1 Å². The molecule has 0 atom stereocenters. The van der Waals surface area contributed by atoms with Gasteiger partial charge in [-0.1, -0.05) is 42.0 Å². The number of nitrogens with zero attached hydrogens (tertiary/aromatic N) is 1. The SMILES string of the molecule is Cc1ccc(N2C(=O)C(Nc3ccccc3C)=C(c3cccs3)C2=O)cc1. The molecule has 2 aromatic carbocycles. The van der Waals surface area contributed by atoms with Gasteiger partial charge < -0.3 is 5.32 Å². The Labute approximate surface area is 161 Å². The standard InChI is InChI=1S/C22H18N2O2S/c1-14-9-11-16(12-10-14)24-21(25)19(18-8-5-13-27-18)20(22(24)26)23-17-7-4-3-6-15(17)2/h3-13,23H,1-2H3. The third kappa shape index (κ3) is 3.06. The Kier molecular flexibility index (Phi) is 4.38. The van der Waals surface area contributed by atoms with E-state index in [-0.39, 0.29) is 11.8 Å². The van der Waals surface area contributed by atoms with E-state index >= 15 is 0 Å². The lowest BCUT2D eigenvalue weighted by atomic mass is 10.1. The van der Waals surface area contributed by atoms with Crippen LogP contribution in [-0.2, 0) is 9.59 Å². The molecule has 2 heterocycles. The number of imide groups is 1. The summed E-state index contributed by atoms with van der Waals surface area (Å²) in [7, 11) is 0.